The number of amides is 2. The highest BCUT2D eigenvalue weighted by Crippen LogP contribution is 2.36. The largest absolute Gasteiger partial charge is 0.416 e. The molecular weight excluding hydrogens is 391 g/mol. The Hall–Kier alpha value is -3.43. The summed E-state index contributed by atoms with van der Waals surface area (Å²) in [6.07, 6.45) is -4.50. The van der Waals surface area contributed by atoms with Crippen molar-refractivity contribution in [2.45, 2.75) is 12.1 Å². The Bertz CT molecular complexity index is 960. The number of likely N-dealkylation sites (N-methyl/N-ethyl adjacent to an activating group) is 1. The van der Waals surface area contributed by atoms with Crippen molar-refractivity contribution in [3.63, 3.8) is 0 Å². The molecule has 0 bridgehead atoms. The summed E-state index contributed by atoms with van der Waals surface area (Å²) < 4.78 is 38.4. The predicted octanol–water partition coefficient (Wildman–Crippen LogP) is 3.42. The van der Waals surface area contributed by atoms with Crippen molar-refractivity contribution in [2.75, 3.05) is 18.9 Å². The van der Waals surface area contributed by atoms with Gasteiger partial charge >= 0.3 is 6.18 Å². The molecule has 0 unspecified atom stereocenters. The number of rotatable bonds is 4. The SMILES string of the molecule is CN1C[C@H](c2ccc(C(F)(F)F)cc2)[C@@H](C(=O)Nc2ccccc2[N+](=O)[O-])C1=O. The Labute approximate surface area is 163 Å². The van der Waals surface area contributed by atoms with E-state index < -0.39 is 40.3 Å². The van der Waals surface area contributed by atoms with Crippen LogP contribution in [0.15, 0.2) is 48.5 Å². The van der Waals surface area contributed by atoms with Crippen molar-refractivity contribution in [1.82, 2.24) is 4.90 Å². The summed E-state index contributed by atoms with van der Waals surface area (Å²) in [5.41, 5.74) is -0.819. The summed E-state index contributed by atoms with van der Waals surface area (Å²) >= 11 is 0. The molecule has 1 N–H and O–H groups in total. The molecule has 1 fully saturated rings. The molecular formula is C19H16F3N3O4. The number of para-hydroxylation sites is 2. The van der Waals surface area contributed by atoms with Gasteiger partial charge in [-0.15, -0.1) is 0 Å². The summed E-state index contributed by atoms with van der Waals surface area (Å²) in [7, 11) is 1.48. The third-order valence-electron chi connectivity index (χ3n) is 4.82. The van der Waals surface area contributed by atoms with Crippen molar-refractivity contribution < 1.29 is 27.7 Å². The highest BCUT2D eigenvalue weighted by molar-refractivity contribution is 6.09. The second kappa shape index (κ2) is 7.53. The number of carbonyl (C=O) groups is 2. The molecule has 2 amide bonds. The van der Waals surface area contributed by atoms with Gasteiger partial charge in [-0.05, 0) is 23.8 Å². The molecule has 1 heterocycles. The maximum Gasteiger partial charge on any atom is 0.416 e. The van der Waals surface area contributed by atoms with Crippen molar-refractivity contribution >= 4 is 23.2 Å². The van der Waals surface area contributed by atoms with Gasteiger partial charge in [0.05, 0.1) is 10.5 Å². The summed E-state index contributed by atoms with van der Waals surface area (Å²) in [5.74, 6) is -3.15. The molecule has 2 aromatic carbocycles. The number of alkyl halides is 3. The van der Waals surface area contributed by atoms with E-state index in [9.17, 15) is 32.9 Å². The third-order valence-corrected chi connectivity index (χ3v) is 4.82. The maximum absolute atomic E-state index is 12.8. The average molecular weight is 407 g/mol. The van der Waals surface area contributed by atoms with Gasteiger partial charge in [0.25, 0.3) is 5.69 Å². The van der Waals surface area contributed by atoms with Crippen LogP contribution in [0.1, 0.15) is 17.0 Å². The molecule has 7 nitrogen and oxygen atoms in total. The first-order valence-corrected chi connectivity index (χ1v) is 8.56. The highest BCUT2D eigenvalue weighted by atomic mass is 19.4. The van der Waals surface area contributed by atoms with Gasteiger partial charge in [0.1, 0.15) is 11.6 Å². The van der Waals surface area contributed by atoms with E-state index in [-0.39, 0.29) is 17.9 Å². The van der Waals surface area contributed by atoms with Crippen LogP contribution >= 0.6 is 0 Å². The number of halogens is 3. The lowest BCUT2D eigenvalue weighted by molar-refractivity contribution is -0.383. The predicted molar refractivity (Wildman–Crippen MR) is 97.0 cm³/mol. The van der Waals surface area contributed by atoms with Crippen molar-refractivity contribution in [1.29, 1.82) is 0 Å². The average Bonchev–Trinajstić information content (AvgIpc) is 2.96. The number of benzene rings is 2. The number of likely N-dealkylation sites (tertiary alicyclic amines) is 1. The van der Waals surface area contributed by atoms with Gasteiger partial charge in [0, 0.05) is 25.6 Å². The molecule has 2 atom stereocenters. The first-order valence-electron chi connectivity index (χ1n) is 8.56. The lowest BCUT2D eigenvalue weighted by Crippen LogP contribution is -2.32. The van der Waals surface area contributed by atoms with Gasteiger partial charge < -0.3 is 10.2 Å². The summed E-state index contributed by atoms with van der Waals surface area (Å²) in [6, 6.07) is 9.77. The Balaban J connectivity index is 1.89. The zero-order chi connectivity index (χ0) is 21.3. The fraction of sp³-hybridized carbons (Fsp3) is 0.263. The Morgan fingerprint density at radius 3 is 2.38 bits per heavy atom. The first kappa shape index (κ1) is 20.3. The number of nitrogens with zero attached hydrogens (tertiary/aromatic N) is 2. The summed E-state index contributed by atoms with van der Waals surface area (Å²) in [4.78, 5) is 37.1. The molecule has 0 radical (unpaired) electrons. The van der Waals surface area contributed by atoms with Crippen LogP contribution in [0.5, 0.6) is 0 Å². The number of anilines is 1. The molecule has 1 saturated heterocycles. The Kier molecular flexibility index (Phi) is 5.27. The van der Waals surface area contributed by atoms with Gasteiger partial charge in [-0.2, -0.15) is 13.2 Å². The van der Waals surface area contributed by atoms with E-state index in [0.717, 1.165) is 12.1 Å². The molecule has 0 aromatic heterocycles. The zero-order valence-electron chi connectivity index (χ0n) is 15.1. The van der Waals surface area contributed by atoms with Crippen LogP contribution in [0.3, 0.4) is 0 Å². The van der Waals surface area contributed by atoms with E-state index in [0.29, 0.717) is 5.56 Å². The Morgan fingerprint density at radius 1 is 1.17 bits per heavy atom. The van der Waals surface area contributed by atoms with Gasteiger partial charge in [-0.1, -0.05) is 24.3 Å². The molecule has 0 saturated carbocycles. The molecule has 0 spiro atoms. The lowest BCUT2D eigenvalue weighted by atomic mass is 9.87. The molecule has 29 heavy (non-hydrogen) atoms. The molecule has 1 aliphatic heterocycles. The van der Waals surface area contributed by atoms with Gasteiger partial charge in [0.15, 0.2) is 0 Å². The monoisotopic (exact) mass is 407 g/mol. The van der Waals surface area contributed by atoms with E-state index >= 15 is 0 Å². The fourth-order valence-corrected chi connectivity index (χ4v) is 3.36. The number of nitrogens with one attached hydrogen (secondary N) is 1. The topological polar surface area (TPSA) is 92.6 Å². The molecule has 152 valence electrons. The van der Waals surface area contributed by atoms with Gasteiger partial charge in [-0.3, -0.25) is 19.7 Å². The molecule has 0 aliphatic carbocycles. The number of nitro benzene ring substituents is 1. The fourth-order valence-electron chi connectivity index (χ4n) is 3.36. The van der Waals surface area contributed by atoms with E-state index in [4.69, 9.17) is 0 Å². The first-order chi connectivity index (χ1) is 13.6. The number of hydrogen-bond acceptors (Lipinski definition) is 4. The van der Waals surface area contributed by atoms with Crippen molar-refractivity contribution in [3.8, 4) is 0 Å². The molecule has 10 heteroatoms. The summed E-state index contributed by atoms with van der Waals surface area (Å²) in [5, 5.41) is 13.5. The van der Waals surface area contributed by atoms with Gasteiger partial charge in [-0.25, -0.2) is 0 Å². The van der Waals surface area contributed by atoms with Crippen molar-refractivity contribution in [3.05, 3.63) is 69.8 Å². The van der Waals surface area contributed by atoms with E-state index in [1.807, 2.05) is 0 Å². The van der Waals surface area contributed by atoms with E-state index in [2.05, 4.69) is 5.32 Å². The van der Waals surface area contributed by atoms with Crippen LogP contribution in [0, 0.1) is 16.0 Å². The number of hydrogen-bond donors (Lipinski definition) is 1. The molecule has 3 rings (SSSR count). The quantitative estimate of drug-likeness (QED) is 0.478. The minimum absolute atomic E-state index is 0.0592. The third kappa shape index (κ3) is 4.05. The summed E-state index contributed by atoms with van der Waals surface area (Å²) in [6.45, 7) is 0.138. The van der Waals surface area contributed by atoms with Crippen LogP contribution in [-0.4, -0.2) is 35.2 Å². The minimum Gasteiger partial charge on any atom is -0.344 e. The smallest absolute Gasteiger partial charge is 0.344 e. The number of carbonyl (C=O) groups excluding carboxylic acids is 2. The zero-order valence-corrected chi connectivity index (χ0v) is 15.1. The Morgan fingerprint density at radius 2 is 1.79 bits per heavy atom. The van der Waals surface area contributed by atoms with Crippen LogP contribution in [0.4, 0.5) is 24.5 Å². The second-order valence-corrected chi connectivity index (χ2v) is 6.69. The van der Waals surface area contributed by atoms with Crippen molar-refractivity contribution in [2.24, 2.45) is 5.92 Å². The van der Waals surface area contributed by atoms with E-state index in [1.54, 1.807) is 0 Å². The van der Waals surface area contributed by atoms with Crippen LogP contribution in [0.25, 0.3) is 0 Å². The van der Waals surface area contributed by atoms with Crippen LogP contribution in [0.2, 0.25) is 0 Å². The van der Waals surface area contributed by atoms with Crippen LogP contribution in [-0.2, 0) is 15.8 Å². The molecule has 1 aliphatic rings. The maximum atomic E-state index is 12.8. The standard InChI is InChI=1S/C19H16F3N3O4/c1-24-10-13(11-6-8-12(9-7-11)19(20,21)22)16(18(24)27)17(26)23-14-4-2-3-5-15(14)25(28)29/h2-9,13,16H,10H2,1H3,(H,23,26)/t13-,16+/m1/s1. The van der Waals surface area contributed by atoms with Gasteiger partial charge in [0.2, 0.25) is 11.8 Å². The van der Waals surface area contributed by atoms with E-state index in [1.165, 1.54) is 48.3 Å². The van der Waals surface area contributed by atoms with Crippen LogP contribution < -0.4 is 5.32 Å². The highest BCUT2D eigenvalue weighted by Gasteiger charge is 2.44. The minimum atomic E-state index is -4.50. The normalized spacial score (nSPS) is 19.3. The molecule has 2 aromatic rings. The number of nitro groups is 1. The second-order valence-electron chi connectivity index (χ2n) is 6.69. The lowest BCUT2D eigenvalue weighted by Gasteiger charge is -2.17.